The number of nitrogens with two attached hydrogens (primary N) is 1. The Morgan fingerprint density at radius 3 is 3.00 bits per heavy atom. The van der Waals surface area contributed by atoms with Crippen LogP contribution in [0.2, 0.25) is 5.02 Å². The minimum Gasteiger partial charge on any atom is -0.355 e. The Balaban J connectivity index is 1.48. The van der Waals surface area contributed by atoms with Crippen LogP contribution < -0.4 is 16.0 Å². The minimum atomic E-state index is -0.0705. The average Bonchev–Trinajstić information content (AvgIpc) is 3.33. The van der Waals surface area contributed by atoms with Crippen LogP contribution in [-0.4, -0.2) is 39.9 Å². The second-order valence-corrected chi connectivity index (χ2v) is 8.81. The lowest BCUT2D eigenvalue weighted by molar-refractivity contribution is 0.0996. The van der Waals surface area contributed by atoms with Gasteiger partial charge in [-0.1, -0.05) is 35.0 Å². The number of hydrogen-bond donors (Lipinski definition) is 2. The number of rotatable bonds is 6. The molecule has 3 N–H and O–H groups in total. The fraction of sp³-hybridized carbons (Fsp3) is 0.333. The van der Waals surface area contributed by atoms with Crippen LogP contribution >= 0.6 is 22.9 Å². The molecule has 9 heteroatoms. The molecule has 3 aromatic rings. The van der Waals surface area contributed by atoms with Crippen molar-refractivity contribution in [3.8, 4) is 0 Å². The topological polar surface area (TPSA) is 97.0 Å². The highest BCUT2D eigenvalue weighted by molar-refractivity contribution is 7.17. The Labute approximate surface area is 185 Å². The number of hydrogen-bond acceptors (Lipinski definition) is 8. The summed E-state index contributed by atoms with van der Waals surface area (Å²) in [5.74, 6) is 2.04. The van der Waals surface area contributed by atoms with E-state index in [2.05, 4.69) is 25.2 Å². The molecule has 1 atom stereocenters. The lowest BCUT2D eigenvalue weighted by Crippen LogP contribution is -2.27. The largest absolute Gasteiger partial charge is 0.355 e. The van der Waals surface area contributed by atoms with Crippen molar-refractivity contribution in [2.24, 2.45) is 5.73 Å². The summed E-state index contributed by atoms with van der Waals surface area (Å²) in [6, 6.07) is 5.63. The van der Waals surface area contributed by atoms with Crippen molar-refractivity contribution >= 4 is 45.5 Å². The van der Waals surface area contributed by atoms with Crippen LogP contribution in [0.3, 0.4) is 0 Å². The van der Waals surface area contributed by atoms with E-state index >= 15 is 0 Å². The van der Waals surface area contributed by atoms with E-state index in [-0.39, 0.29) is 18.2 Å². The number of Topliss-reactive ketones (excluding diaryl/α,β-unsaturated/α-hetero) is 1. The molecule has 0 spiro atoms. The maximum absolute atomic E-state index is 12.8. The molecule has 3 heterocycles. The van der Waals surface area contributed by atoms with Crippen LogP contribution in [-0.2, 0) is 6.42 Å². The number of carbonyl (C=O) groups is 1. The molecular formula is C21H23ClN6OS. The molecule has 1 aliphatic heterocycles. The van der Waals surface area contributed by atoms with Crippen LogP contribution in [0.4, 0.5) is 16.8 Å². The number of halogens is 1. The van der Waals surface area contributed by atoms with Crippen molar-refractivity contribution in [2.45, 2.75) is 32.7 Å². The predicted molar refractivity (Wildman–Crippen MR) is 121 cm³/mol. The molecule has 0 aliphatic carbocycles. The standard InChI is InChI=1S/C21H23ClN6OS/c1-12-4-3-5-16(22)15(12)8-17(29)18-10-24-21(30-18)27-19-9-20(26-13(2)25-19)28-7-6-14(23)11-28/h3-5,9-10,14H,6-8,11,23H2,1-2H3,(H,24,25,26,27)/t14-/m0/s1/i3D. The van der Waals surface area contributed by atoms with Crippen LogP contribution in [0.5, 0.6) is 0 Å². The maximum atomic E-state index is 12.8. The Kier molecular flexibility index (Phi) is 5.61. The minimum absolute atomic E-state index is 0.0705. The van der Waals surface area contributed by atoms with Crippen LogP contribution in [0.25, 0.3) is 0 Å². The fourth-order valence-corrected chi connectivity index (χ4v) is 4.46. The summed E-state index contributed by atoms with van der Waals surface area (Å²) < 4.78 is 7.72. The first-order valence-corrected chi connectivity index (χ1v) is 10.9. The van der Waals surface area contributed by atoms with Gasteiger partial charge < -0.3 is 16.0 Å². The summed E-state index contributed by atoms with van der Waals surface area (Å²) in [6.07, 6.45) is 2.67. The van der Waals surface area contributed by atoms with Gasteiger partial charge in [0.2, 0.25) is 0 Å². The molecule has 0 amide bonds. The van der Waals surface area contributed by atoms with Crippen LogP contribution in [0.1, 0.15) is 34.4 Å². The Morgan fingerprint density at radius 2 is 2.27 bits per heavy atom. The zero-order valence-electron chi connectivity index (χ0n) is 17.8. The fourth-order valence-electron chi connectivity index (χ4n) is 3.42. The molecule has 2 aromatic heterocycles. The number of aromatic nitrogens is 3. The summed E-state index contributed by atoms with van der Waals surface area (Å²) >= 11 is 7.52. The molecule has 7 nitrogen and oxygen atoms in total. The van der Waals surface area contributed by atoms with Gasteiger partial charge in [-0.25, -0.2) is 15.0 Å². The smallest absolute Gasteiger partial charge is 0.188 e. The molecule has 0 radical (unpaired) electrons. The molecule has 0 unspecified atom stereocenters. The molecule has 1 fully saturated rings. The Morgan fingerprint density at radius 1 is 1.43 bits per heavy atom. The molecule has 30 heavy (non-hydrogen) atoms. The van der Waals surface area contributed by atoms with Crippen molar-refractivity contribution in [1.29, 1.82) is 0 Å². The van der Waals surface area contributed by atoms with Gasteiger partial charge in [0.05, 0.1) is 12.4 Å². The highest BCUT2D eigenvalue weighted by Gasteiger charge is 2.21. The lowest BCUT2D eigenvalue weighted by atomic mass is 10.0. The molecule has 4 rings (SSSR count). The van der Waals surface area contributed by atoms with Gasteiger partial charge >= 0.3 is 0 Å². The number of aryl methyl sites for hydroxylation is 2. The van der Waals surface area contributed by atoms with Gasteiger partial charge in [0.1, 0.15) is 17.5 Å². The zero-order chi connectivity index (χ0) is 22.1. The van der Waals surface area contributed by atoms with Gasteiger partial charge in [0, 0.05) is 36.6 Å². The van der Waals surface area contributed by atoms with Crippen molar-refractivity contribution < 1.29 is 6.17 Å². The first-order valence-electron chi connectivity index (χ1n) is 10.2. The highest BCUT2D eigenvalue weighted by atomic mass is 35.5. The second kappa shape index (κ2) is 8.67. The predicted octanol–water partition coefficient (Wildman–Crippen LogP) is 3.91. The van der Waals surface area contributed by atoms with E-state index in [4.69, 9.17) is 18.7 Å². The lowest BCUT2D eigenvalue weighted by Gasteiger charge is -2.18. The number of benzene rings is 1. The summed E-state index contributed by atoms with van der Waals surface area (Å²) in [7, 11) is 0. The van der Waals surface area contributed by atoms with Crippen molar-refractivity contribution in [3.63, 3.8) is 0 Å². The molecule has 1 aliphatic rings. The van der Waals surface area contributed by atoms with Gasteiger partial charge in [-0.15, -0.1) is 0 Å². The summed E-state index contributed by atoms with van der Waals surface area (Å²) in [6.45, 7) is 5.34. The third-order valence-electron chi connectivity index (χ3n) is 5.00. The monoisotopic (exact) mass is 443 g/mol. The van der Waals surface area contributed by atoms with Crippen molar-refractivity contribution in [1.82, 2.24) is 15.0 Å². The second-order valence-electron chi connectivity index (χ2n) is 7.37. The highest BCUT2D eigenvalue weighted by Crippen LogP contribution is 2.27. The molecule has 1 aromatic carbocycles. The molecule has 0 bridgehead atoms. The van der Waals surface area contributed by atoms with Crippen LogP contribution in [0.15, 0.2) is 30.4 Å². The summed E-state index contributed by atoms with van der Waals surface area (Å²) in [5, 5.41) is 4.20. The first kappa shape index (κ1) is 19.4. The number of anilines is 3. The third-order valence-corrected chi connectivity index (χ3v) is 6.29. The Hall–Kier alpha value is -2.55. The van der Waals surface area contributed by atoms with Gasteiger partial charge in [-0.05, 0) is 37.5 Å². The SMILES string of the molecule is [2H]c1cc(C)c(CC(=O)c2cnc(Nc3cc(N4CC[C@H](N)C4)nc(C)n3)s2)c(Cl)c1. The van der Waals surface area contributed by atoms with Crippen LogP contribution in [0, 0.1) is 13.8 Å². The molecule has 1 saturated heterocycles. The average molecular weight is 444 g/mol. The number of carbonyl (C=O) groups excluding carboxylic acids is 1. The van der Waals surface area contributed by atoms with E-state index in [1.807, 2.05) is 19.9 Å². The van der Waals surface area contributed by atoms with E-state index in [0.29, 0.717) is 32.7 Å². The van der Waals surface area contributed by atoms with Gasteiger partial charge in [-0.2, -0.15) is 0 Å². The van der Waals surface area contributed by atoms with Gasteiger partial charge in [0.15, 0.2) is 10.9 Å². The van der Waals surface area contributed by atoms with E-state index < -0.39 is 0 Å². The number of thiazole rings is 1. The maximum Gasteiger partial charge on any atom is 0.188 e. The number of nitrogens with zero attached hydrogens (tertiary/aromatic N) is 4. The van der Waals surface area contributed by atoms with E-state index in [0.717, 1.165) is 36.5 Å². The van der Waals surface area contributed by atoms with Crippen molar-refractivity contribution in [3.05, 3.63) is 57.3 Å². The number of ketones is 1. The third kappa shape index (κ3) is 4.61. The van der Waals surface area contributed by atoms with E-state index in [9.17, 15) is 4.79 Å². The van der Waals surface area contributed by atoms with E-state index in [1.165, 1.54) is 11.3 Å². The van der Waals surface area contributed by atoms with Crippen molar-refractivity contribution in [2.75, 3.05) is 23.3 Å². The quantitative estimate of drug-likeness (QED) is 0.557. The normalized spacial score (nSPS) is 16.6. The zero-order valence-corrected chi connectivity index (χ0v) is 18.3. The summed E-state index contributed by atoms with van der Waals surface area (Å²) in [5.41, 5.74) is 7.59. The van der Waals surface area contributed by atoms with Gasteiger partial charge in [-0.3, -0.25) is 4.79 Å². The van der Waals surface area contributed by atoms with E-state index in [1.54, 1.807) is 18.3 Å². The Bertz CT molecular complexity index is 1110. The summed E-state index contributed by atoms with van der Waals surface area (Å²) in [4.78, 5) is 28.7. The van der Waals surface area contributed by atoms with Gasteiger partial charge in [0.25, 0.3) is 0 Å². The number of nitrogens with one attached hydrogen (secondary N) is 1. The first-order chi connectivity index (χ1) is 14.8. The molecule has 0 saturated carbocycles. The molecular weight excluding hydrogens is 420 g/mol. The molecule has 156 valence electrons.